The van der Waals surface area contributed by atoms with Crippen molar-refractivity contribution in [3.05, 3.63) is 11.9 Å². The summed E-state index contributed by atoms with van der Waals surface area (Å²) in [5, 5.41) is 3.41. The third-order valence-electron chi connectivity index (χ3n) is 3.20. The average molecular weight is 294 g/mol. The highest BCUT2D eigenvalue weighted by Gasteiger charge is 2.14. The molecule has 120 valence electrons. The van der Waals surface area contributed by atoms with Gasteiger partial charge >= 0.3 is 0 Å². The predicted octanol–water partition coefficient (Wildman–Crippen LogP) is 3.11. The van der Waals surface area contributed by atoms with E-state index < -0.39 is 0 Å². The normalized spacial score (nSPS) is 11.0. The molecule has 0 saturated carbocycles. The van der Waals surface area contributed by atoms with Crippen LogP contribution in [-0.4, -0.2) is 42.8 Å². The van der Waals surface area contributed by atoms with Crippen molar-refractivity contribution < 1.29 is 4.74 Å². The van der Waals surface area contributed by atoms with E-state index in [2.05, 4.69) is 54.9 Å². The summed E-state index contributed by atoms with van der Waals surface area (Å²) in [4.78, 5) is 11.0. The zero-order chi connectivity index (χ0) is 15.7. The number of anilines is 2. The molecule has 5 heteroatoms. The summed E-state index contributed by atoms with van der Waals surface area (Å²) in [6, 6.07) is 0. The molecule has 0 unspecified atom stereocenters. The first-order valence-corrected chi connectivity index (χ1v) is 8.00. The van der Waals surface area contributed by atoms with E-state index in [1.54, 1.807) is 6.33 Å². The summed E-state index contributed by atoms with van der Waals surface area (Å²) in [7, 11) is 2.06. The lowest BCUT2D eigenvalue weighted by atomic mass is 10.1. The Morgan fingerprint density at radius 1 is 1.24 bits per heavy atom. The van der Waals surface area contributed by atoms with Gasteiger partial charge in [0.1, 0.15) is 18.0 Å². The van der Waals surface area contributed by atoms with Crippen molar-refractivity contribution in [2.24, 2.45) is 0 Å². The van der Waals surface area contributed by atoms with Crippen LogP contribution in [-0.2, 0) is 11.2 Å². The largest absolute Gasteiger partial charge is 0.377 e. The Kier molecular flexibility index (Phi) is 8.05. The summed E-state index contributed by atoms with van der Waals surface area (Å²) in [6.45, 7) is 10.9. The second-order valence-electron chi connectivity index (χ2n) is 5.54. The number of ether oxygens (including phenoxy) is 1. The molecular weight excluding hydrogens is 264 g/mol. The molecule has 5 nitrogen and oxygen atoms in total. The molecule has 1 aromatic heterocycles. The molecule has 1 aromatic rings. The van der Waals surface area contributed by atoms with E-state index in [0.717, 1.165) is 44.0 Å². The van der Waals surface area contributed by atoms with Crippen LogP contribution in [0.1, 0.15) is 46.1 Å². The summed E-state index contributed by atoms with van der Waals surface area (Å²) >= 11 is 0. The molecule has 0 aliphatic heterocycles. The van der Waals surface area contributed by atoms with Gasteiger partial charge in [0.25, 0.3) is 0 Å². The highest BCUT2D eigenvalue weighted by Crippen LogP contribution is 2.24. The molecule has 0 fully saturated rings. The van der Waals surface area contributed by atoms with Gasteiger partial charge in [-0.2, -0.15) is 0 Å². The van der Waals surface area contributed by atoms with Crippen LogP contribution in [0.4, 0.5) is 11.6 Å². The fourth-order valence-corrected chi connectivity index (χ4v) is 2.14. The Balaban J connectivity index is 2.82. The third kappa shape index (κ3) is 5.87. The zero-order valence-corrected chi connectivity index (χ0v) is 14.1. The zero-order valence-electron chi connectivity index (χ0n) is 14.1. The minimum atomic E-state index is 0.265. The monoisotopic (exact) mass is 294 g/mol. The van der Waals surface area contributed by atoms with Gasteiger partial charge in [-0.25, -0.2) is 9.97 Å². The van der Waals surface area contributed by atoms with Crippen molar-refractivity contribution in [1.29, 1.82) is 0 Å². The van der Waals surface area contributed by atoms with Gasteiger partial charge in [-0.05, 0) is 26.7 Å². The highest BCUT2D eigenvalue weighted by atomic mass is 16.5. The van der Waals surface area contributed by atoms with Crippen LogP contribution in [0, 0.1) is 0 Å². The van der Waals surface area contributed by atoms with E-state index in [-0.39, 0.29) is 6.10 Å². The second-order valence-corrected chi connectivity index (χ2v) is 5.54. The summed E-state index contributed by atoms with van der Waals surface area (Å²) in [5.74, 6) is 1.98. The maximum Gasteiger partial charge on any atom is 0.137 e. The second kappa shape index (κ2) is 9.55. The number of nitrogens with one attached hydrogen (secondary N) is 1. The van der Waals surface area contributed by atoms with Crippen molar-refractivity contribution in [2.75, 3.05) is 37.0 Å². The van der Waals surface area contributed by atoms with Crippen LogP contribution in [0.3, 0.4) is 0 Å². The van der Waals surface area contributed by atoms with Gasteiger partial charge in [0.05, 0.1) is 12.7 Å². The molecular formula is C16H30N4O. The third-order valence-corrected chi connectivity index (χ3v) is 3.20. The van der Waals surface area contributed by atoms with Gasteiger partial charge in [0, 0.05) is 25.7 Å². The van der Waals surface area contributed by atoms with E-state index in [1.165, 1.54) is 5.56 Å². The fourth-order valence-electron chi connectivity index (χ4n) is 2.14. The van der Waals surface area contributed by atoms with Gasteiger partial charge in [-0.3, -0.25) is 0 Å². The lowest BCUT2D eigenvalue weighted by Crippen LogP contribution is -2.26. The standard InChI is InChI=1S/C16H30N4O/c1-6-8-14-15(17-9-7-2)18-12-19-16(14)20(5)10-11-21-13(3)4/h12-13H,6-11H2,1-5H3,(H,17,18,19). The molecule has 0 aliphatic carbocycles. The Labute approximate surface area is 129 Å². The molecule has 0 radical (unpaired) electrons. The SMILES string of the molecule is CCCNc1ncnc(N(C)CCOC(C)C)c1CCC. The van der Waals surface area contributed by atoms with Crippen LogP contribution >= 0.6 is 0 Å². The molecule has 1 heterocycles. The Bertz CT molecular complexity index is 409. The first-order chi connectivity index (χ1) is 10.1. The Morgan fingerprint density at radius 2 is 2.00 bits per heavy atom. The van der Waals surface area contributed by atoms with Gasteiger partial charge in [-0.15, -0.1) is 0 Å². The molecule has 0 spiro atoms. The quantitative estimate of drug-likeness (QED) is 0.718. The smallest absolute Gasteiger partial charge is 0.137 e. The van der Waals surface area contributed by atoms with Crippen molar-refractivity contribution in [3.63, 3.8) is 0 Å². The van der Waals surface area contributed by atoms with Gasteiger partial charge in [0.15, 0.2) is 0 Å². The molecule has 0 aliphatic rings. The molecule has 0 atom stereocenters. The van der Waals surface area contributed by atoms with Crippen molar-refractivity contribution in [2.45, 2.75) is 53.1 Å². The van der Waals surface area contributed by atoms with Gasteiger partial charge < -0.3 is 15.0 Å². The number of hydrogen-bond acceptors (Lipinski definition) is 5. The van der Waals surface area contributed by atoms with Crippen LogP contribution in [0.25, 0.3) is 0 Å². The van der Waals surface area contributed by atoms with Crippen molar-refractivity contribution in [3.8, 4) is 0 Å². The molecule has 1 rings (SSSR count). The van der Waals surface area contributed by atoms with E-state index in [1.807, 2.05) is 0 Å². The minimum absolute atomic E-state index is 0.265. The topological polar surface area (TPSA) is 50.3 Å². The Morgan fingerprint density at radius 3 is 2.62 bits per heavy atom. The molecule has 0 aromatic carbocycles. The number of nitrogens with zero attached hydrogens (tertiary/aromatic N) is 3. The van der Waals surface area contributed by atoms with Gasteiger partial charge in [-0.1, -0.05) is 20.3 Å². The summed E-state index contributed by atoms with van der Waals surface area (Å²) in [5.41, 5.74) is 1.21. The van der Waals surface area contributed by atoms with Crippen molar-refractivity contribution >= 4 is 11.6 Å². The molecule has 0 bridgehead atoms. The van der Waals surface area contributed by atoms with Crippen LogP contribution in [0.15, 0.2) is 6.33 Å². The minimum Gasteiger partial charge on any atom is -0.377 e. The first-order valence-electron chi connectivity index (χ1n) is 8.00. The number of rotatable bonds is 10. The van der Waals surface area contributed by atoms with Crippen LogP contribution in [0.5, 0.6) is 0 Å². The maximum atomic E-state index is 5.63. The van der Waals surface area contributed by atoms with Gasteiger partial charge in [0.2, 0.25) is 0 Å². The Hall–Kier alpha value is -1.36. The maximum absolute atomic E-state index is 5.63. The number of aromatic nitrogens is 2. The molecule has 0 amide bonds. The lowest BCUT2D eigenvalue weighted by molar-refractivity contribution is 0.0845. The predicted molar refractivity (Wildman–Crippen MR) is 89.2 cm³/mol. The molecule has 1 N–H and O–H groups in total. The van der Waals surface area contributed by atoms with Crippen LogP contribution < -0.4 is 10.2 Å². The summed E-state index contributed by atoms with van der Waals surface area (Å²) < 4.78 is 5.63. The molecule has 21 heavy (non-hydrogen) atoms. The number of likely N-dealkylation sites (N-methyl/N-ethyl adjacent to an activating group) is 1. The summed E-state index contributed by atoms with van der Waals surface area (Å²) in [6.07, 6.45) is 5.06. The van der Waals surface area contributed by atoms with Crippen LogP contribution in [0.2, 0.25) is 0 Å². The number of hydrogen-bond donors (Lipinski definition) is 1. The molecule has 0 saturated heterocycles. The van der Waals surface area contributed by atoms with Crippen molar-refractivity contribution in [1.82, 2.24) is 9.97 Å². The first kappa shape index (κ1) is 17.7. The van der Waals surface area contributed by atoms with E-state index in [9.17, 15) is 0 Å². The highest BCUT2D eigenvalue weighted by molar-refractivity contribution is 5.58. The van der Waals surface area contributed by atoms with E-state index in [4.69, 9.17) is 4.74 Å². The average Bonchev–Trinajstić information content (AvgIpc) is 2.45. The van der Waals surface area contributed by atoms with E-state index in [0.29, 0.717) is 6.61 Å². The fraction of sp³-hybridized carbons (Fsp3) is 0.750. The van der Waals surface area contributed by atoms with E-state index >= 15 is 0 Å². The lowest BCUT2D eigenvalue weighted by Gasteiger charge is -2.23.